The van der Waals surface area contributed by atoms with Crippen molar-refractivity contribution in [1.29, 1.82) is 0 Å². The van der Waals surface area contributed by atoms with E-state index in [2.05, 4.69) is 25.6 Å². The average molecular weight is 648 g/mol. The zero-order valence-corrected chi connectivity index (χ0v) is 25.4. The molecule has 0 saturated carbocycles. The molecule has 0 fully saturated rings. The van der Waals surface area contributed by atoms with Crippen LogP contribution in [0.1, 0.15) is 60.7 Å². The van der Waals surface area contributed by atoms with Crippen LogP contribution < -0.4 is 10.9 Å². The number of rotatable bonds is 4. The summed E-state index contributed by atoms with van der Waals surface area (Å²) in [5.74, 6) is -0.384. The van der Waals surface area contributed by atoms with E-state index < -0.39 is 17.9 Å². The Morgan fingerprint density at radius 3 is 2.50 bits per heavy atom. The van der Waals surface area contributed by atoms with Gasteiger partial charge in [-0.15, -0.1) is 5.10 Å². The molecule has 0 saturated heterocycles. The van der Waals surface area contributed by atoms with Gasteiger partial charge < -0.3 is 5.32 Å². The second-order valence-electron chi connectivity index (χ2n) is 11.3. The molecule has 0 spiro atoms. The van der Waals surface area contributed by atoms with Crippen LogP contribution in [0.15, 0.2) is 90.2 Å². The smallest absolute Gasteiger partial charge is 0.355 e. The van der Waals surface area contributed by atoms with Crippen LogP contribution in [0, 0.1) is 5.92 Å². The predicted octanol–water partition coefficient (Wildman–Crippen LogP) is 6.22. The molecular weight excluding hydrogens is 619 g/mol. The van der Waals surface area contributed by atoms with Gasteiger partial charge in [0.25, 0.3) is 5.56 Å². The lowest BCUT2D eigenvalue weighted by atomic mass is 9.89. The summed E-state index contributed by atoms with van der Waals surface area (Å²) in [6.45, 7) is 2.30. The van der Waals surface area contributed by atoms with Gasteiger partial charge in [0.15, 0.2) is 5.69 Å². The molecule has 4 heterocycles. The van der Waals surface area contributed by atoms with Crippen molar-refractivity contribution in [3.8, 4) is 16.9 Å². The summed E-state index contributed by atoms with van der Waals surface area (Å²) < 4.78 is 42.2. The van der Waals surface area contributed by atoms with Crippen molar-refractivity contribution in [2.45, 2.75) is 44.3 Å². The minimum atomic E-state index is -4.68. The van der Waals surface area contributed by atoms with Crippen molar-refractivity contribution >= 4 is 17.5 Å². The van der Waals surface area contributed by atoms with E-state index in [1.54, 1.807) is 6.20 Å². The van der Waals surface area contributed by atoms with Gasteiger partial charge in [0.2, 0.25) is 5.91 Å². The molecule has 1 aliphatic heterocycles. The van der Waals surface area contributed by atoms with E-state index in [0.717, 1.165) is 22.0 Å². The molecule has 1 N–H and O–H groups in total. The van der Waals surface area contributed by atoms with E-state index in [1.165, 1.54) is 35.2 Å². The van der Waals surface area contributed by atoms with Crippen LogP contribution in [0.5, 0.6) is 0 Å². The first-order valence-electron chi connectivity index (χ1n) is 14.7. The predicted molar refractivity (Wildman–Crippen MR) is 166 cm³/mol. The second kappa shape index (κ2) is 12.9. The van der Waals surface area contributed by atoms with Crippen molar-refractivity contribution in [2.24, 2.45) is 5.92 Å². The summed E-state index contributed by atoms with van der Waals surface area (Å²) in [6, 6.07) is 19.1. The quantitative estimate of drug-likeness (QED) is 0.248. The van der Waals surface area contributed by atoms with Crippen molar-refractivity contribution in [3.05, 3.63) is 123 Å². The van der Waals surface area contributed by atoms with Gasteiger partial charge in [-0.2, -0.15) is 13.2 Å². The number of pyridine rings is 1. The zero-order chi connectivity index (χ0) is 32.4. The first-order chi connectivity index (χ1) is 22.1. The number of halogens is 4. The third kappa shape index (κ3) is 6.57. The summed E-state index contributed by atoms with van der Waals surface area (Å²) in [5, 5.41) is 10.3. The van der Waals surface area contributed by atoms with Crippen LogP contribution >= 0.6 is 11.6 Å². The van der Waals surface area contributed by atoms with Crippen LogP contribution in [-0.2, 0) is 11.0 Å². The monoisotopic (exact) mass is 647 g/mol. The Hall–Kier alpha value is -4.84. The number of benzene rings is 2. The summed E-state index contributed by atoms with van der Waals surface area (Å²) in [6.07, 6.45) is 0.998. The lowest BCUT2D eigenvalue weighted by Crippen LogP contribution is -2.34. The highest BCUT2D eigenvalue weighted by molar-refractivity contribution is 6.31. The average Bonchev–Trinajstić information content (AvgIpc) is 3.55. The fraction of sp³-hybridized carbons (Fsp3) is 0.273. The van der Waals surface area contributed by atoms with E-state index in [4.69, 9.17) is 11.6 Å². The largest absolute Gasteiger partial charge is 0.436 e. The maximum atomic E-state index is 13.8. The van der Waals surface area contributed by atoms with E-state index in [1.807, 2.05) is 49.4 Å². The van der Waals surface area contributed by atoms with Crippen LogP contribution in [0.4, 0.5) is 13.2 Å². The minimum Gasteiger partial charge on any atom is -0.355 e. The standard InChI is InChI=1S/C33H29ClF3N7O2/c1-20-6-5-9-29(27-14-22(12-13-38-27)25(17-39-32(20)46)21-7-3-2-4-8-21)43-19-40-26(16-31(43)45)24-15-23(34)10-11-28(24)44-18-30(41-42-44)33(35,36)37/h2-4,7-8,10-16,18-20,25,29H,5-6,9,17H2,1H3,(H,39,46)/t20?,25?,29-/m0/s1. The molecule has 13 heteroatoms. The minimum absolute atomic E-state index is 0.0254. The van der Waals surface area contributed by atoms with Crippen molar-refractivity contribution in [3.63, 3.8) is 0 Å². The number of alkyl halides is 3. The van der Waals surface area contributed by atoms with Gasteiger partial charge in [0, 0.05) is 41.2 Å². The molecule has 3 atom stereocenters. The summed E-state index contributed by atoms with van der Waals surface area (Å²) >= 11 is 6.25. The third-order valence-electron chi connectivity index (χ3n) is 8.23. The topological polar surface area (TPSA) is 108 Å². The van der Waals surface area contributed by atoms with E-state index in [0.29, 0.717) is 42.1 Å². The van der Waals surface area contributed by atoms with Crippen LogP contribution in [0.25, 0.3) is 16.9 Å². The maximum absolute atomic E-state index is 13.8. The molecule has 2 bridgehead atoms. The number of amides is 1. The van der Waals surface area contributed by atoms with Gasteiger partial charge in [-0.1, -0.05) is 60.5 Å². The molecular formula is C33H29ClF3N7O2. The van der Waals surface area contributed by atoms with Gasteiger partial charge in [-0.25, -0.2) is 9.67 Å². The van der Waals surface area contributed by atoms with E-state index >= 15 is 0 Å². The van der Waals surface area contributed by atoms with E-state index in [9.17, 15) is 22.8 Å². The van der Waals surface area contributed by atoms with Crippen molar-refractivity contribution in [2.75, 3.05) is 6.54 Å². The lowest BCUT2D eigenvalue weighted by Gasteiger charge is -2.25. The highest BCUT2D eigenvalue weighted by Gasteiger charge is 2.35. The second-order valence-corrected chi connectivity index (χ2v) is 11.7. The fourth-order valence-electron chi connectivity index (χ4n) is 5.75. The Kier molecular flexibility index (Phi) is 8.72. The third-order valence-corrected chi connectivity index (χ3v) is 8.47. The van der Waals surface area contributed by atoms with Crippen LogP contribution in [-0.4, -0.2) is 42.0 Å². The fourth-order valence-corrected chi connectivity index (χ4v) is 5.92. The van der Waals surface area contributed by atoms with Crippen LogP contribution in [0.2, 0.25) is 5.02 Å². The molecule has 236 valence electrons. The van der Waals surface area contributed by atoms with Gasteiger partial charge in [-0.3, -0.25) is 19.1 Å². The first-order valence-corrected chi connectivity index (χ1v) is 15.1. The number of fused-ring (bicyclic) bond motifs is 2. The Morgan fingerprint density at radius 2 is 1.76 bits per heavy atom. The number of nitrogens with one attached hydrogen (secondary N) is 1. The molecule has 1 aliphatic rings. The van der Waals surface area contributed by atoms with E-state index in [-0.39, 0.29) is 34.7 Å². The van der Waals surface area contributed by atoms with Gasteiger partial charge in [0.05, 0.1) is 35.6 Å². The SMILES string of the molecule is CC1CCC[C@H](n2cnc(-c3cc(Cl)ccc3-n3cc(C(F)(F)F)nn3)cc2=O)c2cc(ccn2)C(c2ccccc2)CNC1=O. The molecule has 0 radical (unpaired) electrons. The summed E-state index contributed by atoms with van der Waals surface area (Å²) in [5.41, 5.74) is 1.85. The first kappa shape index (κ1) is 31.2. The molecule has 2 unspecified atom stereocenters. The number of hydrogen-bond acceptors (Lipinski definition) is 6. The number of carbonyl (C=O) groups excluding carboxylic acids is 1. The van der Waals surface area contributed by atoms with Gasteiger partial charge >= 0.3 is 6.18 Å². The number of hydrogen-bond donors (Lipinski definition) is 1. The number of carbonyl (C=O) groups is 1. The van der Waals surface area contributed by atoms with Crippen molar-refractivity contribution < 1.29 is 18.0 Å². The lowest BCUT2D eigenvalue weighted by molar-refractivity contribution is -0.141. The highest BCUT2D eigenvalue weighted by Crippen LogP contribution is 2.33. The maximum Gasteiger partial charge on any atom is 0.436 e. The summed E-state index contributed by atoms with van der Waals surface area (Å²) in [4.78, 5) is 35.9. The number of aromatic nitrogens is 6. The molecule has 3 aromatic heterocycles. The Bertz CT molecular complexity index is 1930. The molecule has 5 aromatic rings. The summed E-state index contributed by atoms with van der Waals surface area (Å²) in [7, 11) is 0. The van der Waals surface area contributed by atoms with Gasteiger partial charge in [0.1, 0.15) is 0 Å². The number of nitrogens with zero attached hydrogens (tertiary/aromatic N) is 6. The molecule has 46 heavy (non-hydrogen) atoms. The molecule has 1 amide bonds. The van der Waals surface area contributed by atoms with Crippen molar-refractivity contribution in [1.82, 2.24) is 34.8 Å². The normalized spacial score (nSPS) is 19.2. The molecule has 9 nitrogen and oxygen atoms in total. The van der Waals surface area contributed by atoms with Gasteiger partial charge in [-0.05, 0) is 54.3 Å². The Morgan fingerprint density at radius 1 is 0.957 bits per heavy atom. The molecule has 0 aliphatic carbocycles. The zero-order valence-electron chi connectivity index (χ0n) is 24.7. The Labute approximate surface area is 267 Å². The highest BCUT2D eigenvalue weighted by atomic mass is 35.5. The molecule has 6 rings (SSSR count). The Balaban J connectivity index is 1.40. The molecule has 2 aromatic carbocycles. The van der Waals surface area contributed by atoms with Crippen LogP contribution in [0.3, 0.4) is 0 Å².